The molecule has 0 heterocycles. The molecule has 0 aliphatic rings. The molecule has 0 atom stereocenters. The topological polar surface area (TPSA) is 65.0 Å². The normalized spacial score (nSPS) is 10.1. The Morgan fingerprint density at radius 1 is 0.800 bits per heavy atom. The molecule has 0 saturated carbocycles. The monoisotopic (exact) mass is 336 g/mol. The van der Waals surface area contributed by atoms with Crippen LogP contribution in [0.15, 0.2) is 72.8 Å². The summed E-state index contributed by atoms with van der Waals surface area (Å²) < 4.78 is 16.8. The molecule has 0 saturated heterocycles. The Hall–Kier alpha value is -3.47. The van der Waals surface area contributed by atoms with Gasteiger partial charge in [-0.05, 0) is 30.3 Å². The lowest BCUT2D eigenvalue weighted by Gasteiger charge is -2.15. The van der Waals surface area contributed by atoms with Crippen molar-refractivity contribution in [2.45, 2.75) is 0 Å². The van der Waals surface area contributed by atoms with E-state index in [2.05, 4.69) is 0 Å². The van der Waals surface area contributed by atoms with Gasteiger partial charge in [-0.25, -0.2) is 4.79 Å². The first-order chi connectivity index (χ1) is 12.2. The van der Waals surface area contributed by atoms with Crippen molar-refractivity contribution in [2.75, 3.05) is 7.11 Å². The van der Waals surface area contributed by atoms with Crippen LogP contribution in [0.2, 0.25) is 0 Å². The van der Waals surface area contributed by atoms with E-state index in [1.54, 1.807) is 30.3 Å². The molecule has 126 valence electrons. The van der Waals surface area contributed by atoms with Crippen molar-refractivity contribution in [3.8, 4) is 28.7 Å². The highest BCUT2D eigenvalue weighted by Gasteiger charge is 2.20. The molecule has 0 aliphatic carbocycles. The summed E-state index contributed by atoms with van der Waals surface area (Å²) in [5.74, 6) is 0.767. The molecule has 3 rings (SSSR count). The molecule has 0 aromatic heterocycles. The maximum absolute atomic E-state index is 11.6. The molecule has 0 radical (unpaired) electrons. The molecule has 3 aromatic carbocycles. The Kier molecular flexibility index (Phi) is 4.85. The van der Waals surface area contributed by atoms with Gasteiger partial charge in [-0.3, -0.25) is 0 Å². The van der Waals surface area contributed by atoms with Crippen LogP contribution in [-0.4, -0.2) is 18.2 Å². The minimum Gasteiger partial charge on any atom is -0.492 e. The Morgan fingerprint density at radius 3 is 1.88 bits per heavy atom. The summed E-state index contributed by atoms with van der Waals surface area (Å²) in [4.78, 5) is 11.6. The number of aromatic carboxylic acids is 1. The largest absolute Gasteiger partial charge is 0.492 e. The number of carboxylic acid groups (broad SMARTS) is 1. The second-order valence-corrected chi connectivity index (χ2v) is 5.14. The van der Waals surface area contributed by atoms with E-state index in [4.69, 9.17) is 14.2 Å². The second kappa shape index (κ2) is 7.40. The second-order valence-electron chi connectivity index (χ2n) is 5.14. The zero-order valence-corrected chi connectivity index (χ0v) is 13.5. The van der Waals surface area contributed by atoms with Gasteiger partial charge in [-0.15, -0.1) is 0 Å². The van der Waals surface area contributed by atoms with Crippen molar-refractivity contribution < 1.29 is 24.1 Å². The van der Waals surface area contributed by atoms with Crippen molar-refractivity contribution in [2.24, 2.45) is 0 Å². The number of carboxylic acids is 1. The molecular weight excluding hydrogens is 320 g/mol. The molecule has 5 heteroatoms. The average Bonchev–Trinajstić information content (AvgIpc) is 2.63. The van der Waals surface area contributed by atoms with Crippen LogP contribution in [0.1, 0.15) is 10.4 Å². The van der Waals surface area contributed by atoms with Crippen molar-refractivity contribution >= 4 is 5.97 Å². The van der Waals surface area contributed by atoms with E-state index in [1.165, 1.54) is 13.2 Å². The molecule has 5 nitrogen and oxygen atoms in total. The first-order valence-electron chi connectivity index (χ1n) is 7.58. The lowest BCUT2D eigenvalue weighted by Crippen LogP contribution is -2.03. The molecular formula is C20H16O5. The van der Waals surface area contributed by atoms with Crippen LogP contribution >= 0.6 is 0 Å². The van der Waals surface area contributed by atoms with E-state index in [0.29, 0.717) is 17.2 Å². The number of hydrogen-bond acceptors (Lipinski definition) is 4. The van der Waals surface area contributed by atoms with Gasteiger partial charge in [0.2, 0.25) is 0 Å². The Balaban J connectivity index is 2.03. The van der Waals surface area contributed by atoms with Gasteiger partial charge >= 0.3 is 5.97 Å². The molecule has 0 bridgehead atoms. The van der Waals surface area contributed by atoms with E-state index in [-0.39, 0.29) is 17.1 Å². The van der Waals surface area contributed by atoms with Gasteiger partial charge in [0.1, 0.15) is 22.8 Å². The van der Waals surface area contributed by atoms with Crippen LogP contribution in [0.3, 0.4) is 0 Å². The highest BCUT2D eigenvalue weighted by molar-refractivity contribution is 5.92. The van der Waals surface area contributed by atoms with Crippen molar-refractivity contribution in [1.29, 1.82) is 0 Å². The molecule has 3 aromatic rings. The third-order valence-corrected chi connectivity index (χ3v) is 3.41. The summed E-state index contributed by atoms with van der Waals surface area (Å²) in [6.07, 6.45) is 0. The zero-order valence-electron chi connectivity index (χ0n) is 13.5. The highest BCUT2D eigenvalue weighted by atomic mass is 16.5. The summed E-state index contributed by atoms with van der Waals surface area (Å²) in [5, 5.41) is 9.49. The summed E-state index contributed by atoms with van der Waals surface area (Å²) in [6.45, 7) is 0. The minimum absolute atomic E-state index is 0.0399. The third-order valence-electron chi connectivity index (χ3n) is 3.41. The van der Waals surface area contributed by atoms with Crippen molar-refractivity contribution in [3.05, 3.63) is 78.4 Å². The molecule has 0 unspecified atom stereocenters. The van der Waals surface area contributed by atoms with Crippen LogP contribution < -0.4 is 14.2 Å². The Bertz CT molecular complexity index is 860. The zero-order chi connectivity index (χ0) is 17.6. The standard InChI is InChI=1S/C20H16O5/c1-23-19-17(20(21)22)12-16(24-14-8-4-2-5-9-14)13-18(19)25-15-10-6-3-7-11-15/h2-13H,1H3,(H,21,22). The smallest absolute Gasteiger partial charge is 0.339 e. The SMILES string of the molecule is COc1c(Oc2ccccc2)cc(Oc2ccccc2)cc1C(=O)O. The van der Waals surface area contributed by atoms with Gasteiger partial charge < -0.3 is 19.3 Å². The molecule has 0 amide bonds. The van der Waals surface area contributed by atoms with Gasteiger partial charge in [0.05, 0.1) is 7.11 Å². The van der Waals surface area contributed by atoms with E-state index in [9.17, 15) is 9.90 Å². The lowest BCUT2D eigenvalue weighted by molar-refractivity contribution is 0.0692. The number of methoxy groups -OCH3 is 1. The number of hydrogen-bond donors (Lipinski definition) is 1. The maximum Gasteiger partial charge on any atom is 0.339 e. The molecule has 0 spiro atoms. The quantitative estimate of drug-likeness (QED) is 0.688. The van der Waals surface area contributed by atoms with E-state index < -0.39 is 5.97 Å². The molecule has 0 aliphatic heterocycles. The fraction of sp³-hybridized carbons (Fsp3) is 0.0500. The van der Waals surface area contributed by atoms with E-state index in [1.807, 2.05) is 36.4 Å². The highest BCUT2D eigenvalue weighted by Crippen LogP contribution is 2.39. The van der Waals surface area contributed by atoms with Gasteiger partial charge in [-0.1, -0.05) is 36.4 Å². The molecule has 1 N–H and O–H groups in total. The van der Waals surface area contributed by atoms with Gasteiger partial charge in [0.25, 0.3) is 0 Å². The number of rotatable bonds is 6. The van der Waals surface area contributed by atoms with Gasteiger partial charge in [-0.2, -0.15) is 0 Å². The number of carbonyl (C=O) groups is 1. The van der Waals surface area contributed by atoms with Crippen LogP contribution in [0.4, 0.5) is 0 Å². The van der Waals surface area contributed by atoms with Crippen LogP contribution in [0.5, 0.6) is 28.7 Å². The molecule has 25 heavy (non-hydrogen) atoms. The van der Waals surface area contributed by atoms with Crippen LogP contribution in [0.25, 0.3) is 0 Å². The van der Waals surface area contributed by atoms with Gasteiger partial charge in [0.15, 0.2) is 11.5 Å². The van der Waals surface area contributed by atoms with Crippen LogP contribution in [-0.2, 0) is 0 Å². The van der Waals surface area contributed by atoms with E-state index >= 15 is 0 Å². The molecule has 0 fully saturated rings. The van der Waals surface area contributed by atoms with Crippen LogP contribution in [0, 0.1) is 0 Å². The fourth-order valence-electron chi connectivity index (χ4n) is 2.32. The Labute approximate surface area is 145 Å². The predicted molar refractivity (Wildman–Crippen MR) is 93.0 cm³/mol. The number of ether oxygens (including phenoxy) is 3. The first kappa shape index (κ1) is 16.4. The summed E-state index contributed by atoms with van der Waals surface area (Å²) in [6, 6.07) is 21.2. The Morgan fingerprint density at radius 2 is 1.36 bits per heavy atom. The third kappa shape index (κ3) is 3.90. The summed E-state index contributed by atoms with van der Waals surface area (Å²) in [7, 11) is 1.40. The van der Waals surface area contributed by atoms with E-state index in [0.717, 1.165) is 0 Å². The lowest BCUT2D eigenvalue weighted by atomic mass is 10.1. The van der Waals surface area contributed by atoms with Crippen molar-refractivity contribution in [1.82, 2.24) is 0 Å². The first-order valence-corrected chi connectivity index (χ1v) is 7.58. The summed E-state index contributed by atoms with van der Waals surface area (Å²) >= 11 is 0. The fourth-order valence-corrected chi connectivity index (χ4v) is 2.32. The predicted octanol–water partition coefficient (Wildman–Crippen LogP) is 4.98. The minimum atomic E-state index is -1.13. The number of para-hydroxylation sites is 2. The maximum atomic E-state index is 11.6. The summed E-state index contributed by atoms with van der Waals surface area (Å²) in [5.41, 5.74) is -0.0399. The number of benzene rings is 3. The van der Waals surface area contributed by atoms with Crippen molar-refractivity contribution in [3.63, 3.8) is 0 Å². The van der Waals surface area contributed by atoms with Gasteiger partial charge in [0, 0.05) is 6.07 Å². The average molecular weight is 336 g/mol.